The number of anilines is 2. The van der Waals surface area contributed by atoms with Gasteiger partial charge in [0.2, 0.25) is 5.91 Å². The molecule has 3 aromatic carbocycles. The predicted molar refractivity (Wildman–Crippen MR) is 149 cm³/mol. The van der Waals surface area contributed by atoms with Crippen molar-refractivity contribution in [2.75, 3.05) is 37.4 Å². The number of rotatable bonds is 10. The van der Waals surface area contributed by atoms with E-state index >= 15 is 0 Å². The summed E-state index contributed by atoms with van der Waals surface area (Å²) in [6.45, 7) is 5.64. The Morgan fingerprint density at radius 1 is 0.974 bits per heavy atom. The molecule has 0 fully saturated rings. The van der Waals surface area contributed by atoms with Crippen molar-refractivity contribution in [3.05, 3.63) is 95.1 Å². The Kier molecular flexibility index (Phi) is 8.55. The van der Waals surface area contributed by atoms with Crippen molar-refractivity contribution in [3.63, 3.8) is 0 Å². The molecule has 38 heavy (non-hydrogen) atoms. The molecule has 1 aliphatic rings. The van der Waals surface area contributed by atoms with Crippen LogP contribution in [0.1, 0.15) is 40.9 Å². The molecule has 0 bridgehead atoms. The fraction of sp³-hybridized carbons (Fsp3) is 0.233. The first-order valence-corrected chi connectivity index (χ1v) is 12.6. The van der Waals surface area contributed by atoms with Crippen molar-refractivity contribution in [3.8, 4) is 0 Å². The molecule has 8 nitrogen and oxygen atoms in total. The fourth-order valence-corrected chi connectivity index (χ4v) is 4.30. The van der Waals surface area contributed by atoms with Crippen LogP contribution < -0.4 is 16.0 Å². The summed E-state index contributed by atoms with van der Waals surface area (Å²) in [7, 11) is 2.01. The zero-order valence-corrected chi connectivity index (χ0v) is 21.8. The maximum atomic E-state index is 13.2. The second kappa shape index (κ2) is 12.2. The van der Waals surface area contributed by atoms with Gasteiger partial charge in [-0.25, -0.2) is 4.79 Å². The lowest BCUT2D eigenvalue weighted by Crippen LogP contribution is -2.31. The highest BCUT2D eigenvalue weighted by molar-refractivity contribution is 6.37. The number of ether oxygens (including phenoxy) is 1. The Morgan fingerprint density at radius 3 is 2.39 bits per heavy atom. The highest BCUT2D eigenvalue weighted by Gasteiger charge is 2.29. The molecule has 4 rings (SSSR count). The Labute approximate surface area is 222 Å². The van der Waals surface area contributed by atoms with Crippen LogP contribution in [0.5, 0.6) is 0 Å². The summed E-state index contributed by atoms with van der Waals surface area (Å²) in [4.78, 5) is 38.6. The molecular formula is C30H32N4O4. The summed E-state index contributed by atoms with van der Waals surface area (Å²) in [6.07, 6.45) is 0. The topological polar surface area (TPSA) is 99.8 Å². The Morgan fingerprint density at radius 2 is 1.71 bits per heavy atom. The maximum absolute atomic E-state index is 13.2. The van der Waals surface area contributed by atoms with Crippen LogP contribution in [0.4, 0.5) is 11.4 Å². The van der Waals surface area contributed by atoms with Gasteiger partial charge in [0.25, 0.3) is 5.91 Å². The number of nitrogens with one attached hydrogen (secondary N) is 3. The molecule has 3 N–H and O–H groups in total. The van der Waals surface area contributed by atoms with Gasteiger partial charge in [0, 0.05) is 37.8 Å². The van der Waals surface area contributed by atoms with E-state index < -0.39 is 5.97 Å². The molecule has 1 aliphatic heterocycles. The zero-order valence-electron chi connectivity index (χ0n) is 21.8. The Balaban J connectivity index is 1.60. The standard InChI is InChI=1S/C30H32N4O4/c1-4-38-30(37)23-12-15-25-26(18-23)33-29(36)27(25)28(22-8-6-5-7-9-22)32-24-13-10-21(11-14-24)19-34(3)17-16-31-20(2)35/h5-15,18,32H,4,16-17,19H2,1-3H3,(H,31,35)(H,33,36)/b28-27-. The van der Waals surface area contributed by atoms with E-state index in [1.807, 2.05) is 61.6 Å². The lowest BCUT2D eigenvalue weighted by molar-refractivity contribution is -0.119. The first-order valence-electron chi connectivity index (χ1n) is 12.6. The number of hydrogen-bond donors (Lipinski definition) is 3. The third kappa shape index (κ3) is 6.46. The van der Waals surface area contributed by atoms with Crippen LogP contribution in [0, 0.1) is 0 Å². The van der Waals surface area contributed by atoms with E-state index in [1.54, 1.807) is 25.1 Å². The third-order valence-corrected chi connectivity index (χ3v) is 6.13. The predicted octanol–water partition coefficient (Wildman–Crippen LogP) is 4.36. The van der Waals surface area contributed by atoms with Crippen LogP contribution in [0.15, 0.2) is 72.8 Å². The summed E-state index contributed by atoms with van der Waals surface area (Å²) < 4.78 is 5.10. The molecule has 0 spiro atoms. The van der Waals surface area contributed by atoms with E-state index in [2.05, 4.69) is 20.9 Å². The maximum Gasteiger partial charge on any atom is 0.338 e. The van der Waals surface area contributed by atoms with E-state index in [0.717, 1.165) is 29.9 Å². The van der Waals surface area contributed by atoms with E-state index in [0.29, 0.717) is 34.6 Å². The molecule has 0 radical (unpaired) electrons. The van der Waals surface area contributed by atoms with Gasteiger partial charge in [-0.05, 0) is 49.4 Å². The molecule has 1 heterocycles. The first kappa shape index (κ1) is 26.6. The molecule has 0 atom stereocenters. The van der Waals surface area contributed by atoms with E-state index in [1.165, 1.54) is 6.92 Å². The Hall–Kier alpha value is -4.43. The summed E-state index contributed by atoms with van der Waals surface area (Å²) in [6, 6.07) is 22.8. The van der Waals surface area contributed by atoms with E-state index in [9.17, 15) is 14.4 Å². The lowest BCUT2D eigenvalue weighted by Gasteiger charge is -2.18. The van der Waals surface area contributed by atoms with Crippen molar-refractivity contribution in [1.82, 2.24) is 10.2 Å². The van der Waals surface area contributed by atoms with Gasteiger partial charge in [0.1, 0.15) is 0 Å². The lowest BCUT2D eigenvalue weighted by atomic mass is 9.99. The number of amides is 2. The van der Waals surface area contributed by atoms with E-state index in [-0.39, 0.29) is 18.4 Å². The van der Waals surface area contributed by atoms with Crippen LogP contribution >= 0.6 is 0 Å². The van der Waals surface area contributed by atoms with Gasteiger partial charge in [-0.15, -0.1) is 0 Å². The summed E-state index contributed by atoms with van der Waals surface area (Å²) >= 11 is 0. The van der Waals surface area contributed by atoms with Crippen LogP contribution in [0.2, 0.25) is 0 Å². The average molecular weight is 513 g/mol. The molecule has 8 heteroatoms. The molecule has 3 aromatic rings. The minimum Gasteiger partial charge on any atom is -0.462 e. The minimum atomic E-state index is -0.427. The number of benzene rings is 3. The highest BCUT2D eigenvalue weighted by atomic mass is 16.5. The number of carbonyl (C=O) groups excluding carboxylic acids is 3. The van der Waals surface area contributed by atoms with Crippen molar-refractivity contribution >= 4 is 40.4 Å². The normalized spacial score (nSPS) is 13.5. The molecule has 196 valence electrons. The number of hydrogen-bond acceptors (Lipinski definition) is 6. The molecule has 0 aliphatic carbocycles. The third-order valence-electron chi connectivity index (χ3n) is 6.13. The van der Waals surface area contributed by atoms with Crippen LogP contribution in [0.3, 0.4) is 0 Å². The van der Waals surface area contributed by atoms with Gasteiger partial charge in [-0.1, -0.05) is 48.5 Å². The number of likely N-dealkylation sites (N-methyl/N-ethyl adjacent to an activating group) is 1. The van der Waals surface area contributed by atoms with Crippen LogP contribution in [-0.4, -0.2) is 49.4 Å². The second-order valence-corrected chi connectivity index (χ2v) is 9.09. The SMILES string of the molecule is CCOC(=O)c1ccc2c(c1)NC(=O)/C2=C(\Nc1ccc(CN(C)CCNC(C)=O)cc1)c1ccccc1. The van der Waals surface area contributed by atoms with Crippen molar-refractivity contribution < 1.29 is 19.1 Å². The van der Waals surface area contributed by atoms with Gasteiger partial charge < -0.3 is 25.6 Å². The monoisotopic (exact) mass is 512 g/mol. The highest BCUT2D eigenvalue weighted by Crippen LogP contribution is 2.38. The average Bonchev–Trinajstić information content (AvgIpc) is 3.23. The van der Waals surface area contributed by atoms with Crippen LogP contribution in [-0.2, 0) is 20.9 Å². The number of fused-ring (bicyclic) bond motifs is 1. The quantitative estimate of drug-likeness (QED) is 0.276. The van der Waals surface area contributed by atoms with Gasteiger partial charge in [-0.2, -0.15) is 0 Å². The van der Waals surface area contributed by atoms with Crippen LogP contribution in [0.25, 0.3) is 11.3 Å². The summed E-state index contributed by atoms with van der Waals surface area (Å²) in [5.74, 6) is -0.704. The molecule has 0 unspecified atom stereocenters. The van der Waals surface area contributed by atoms with Crippen molar-refractivity contribution in [1.29, 1.82) is 0 Å². The Bertz CT molecular complexity index is 1350. The van der Waals surface area contributed by atoms with E-state index in [4.69, 9.17) is 4.74 Å². The zero-order chi connectivity index (χ0) is 27.1. The van der Waals surface area contributed by atoms with Gasteiger partial charge in [-0.3, -0.25) is 9.59 Å². The minimum absolute atomic E-state index is 0.0322. The number of nitrogens with zero attached hydrogens (tertiary/aromatic N) is 1. The smallest absolute Gasteiger partial charge is 0.338 e. The largest absolute Gasteiger partial charge is 0.462 e. The fourth-order valence-electron chi connectivity index (χ4n) is 4.30. The molecule has 0 saturated carbocycles. The van der Waals surface area contributed by atoms with Gasteiger partial charge >= 0.3 is 5.97 Å². The van der Waals surface area contributed by atoms with Crippen molar-refractivity contribution in [2.24, 2.45) is 0 Å². The first-order chi connectivity index (χ1) is 18.4. The number of esters is 1. The van der Waals surface area contributed by atoms with Gasteiger partial charge in [0.05, 0.1) is 29.1 Å². The molecule has 2 amide bonds. The molecule has 0 aromatic heterocycles. The molecular weight excluding hydrogens is 480 g/mol. The summed E-state index contributed by atoms with van der Waals surface area (Å²) in [5.41, 5.74) is 5.68. The van der Waals surface area contributed by atoms with Gasteiger partial charge in [0.15, 0.2) is 0 Å². The molecule has 0 saturated heterocycles. The second-order valence-electron chi connectivity index (χ2n) is 9.09. The van der Waals surface area contributed by atoms with Crippen molar-refractivity contribution in [2.45, 2.75) is 20.4 Å². The summed E-state index contributed by atoms with van der Waals surface area (Å²) in [5, 5.41) is 9.17. The number of carbonyl (C=O) groups is 3.